The highest BCUT2D eigenvalue weighted by molar-refractivity contribution is 7.09. The minimum absolute atomic E-state index is 0.758. The molecule has 1 aliphatic heterocycles. The van der Waals surface area contributed by atoms with Gasteiger partial charge in [-0.2, -0.15) is 0 Å². The minimum atomic E-state index is 0.758. The highest BCUT2D eigenvalue weighted by atomic mass is 32.1. The van der Waals surface area contributed by atoms with Gasteiger partial charge in [-0.25, -0.2) is 4.98 Å². The zero-order valence-corrected chi connectivity index (χ0v) is 8.18. The average molecular weight is 182 g/mol. The van der Waals surface area contributed by atoms with Crippen molar-refractivity contribution in [2.75, 3.05) is 6.54 Å². The lowest BCUT2D eigenvalue weighted by molar-refractivity contribution is 0.260. The third-order valence-electron chi connectivity index (χ3n) is 2.51. The number of thiazole rings is 1. The van der Waals surface area contributed by atoms with E-state index in [0.717, 1.165) is 12.6 Å². The van der Waals surface area contributed by atoms with Crippen molar-refractivity contribution < 1.29 is 0 Å². The maximum absolute atomic E-state index is 4.29. The molecule has 1 aromatic heterocycles. The number of hydrogen-bond acceptors (Lipinski definition) is 3. The van der Waals surface area contributed by atoms with Crippen LogP contribution in [-0.4, -0.2) is 22.5 Å². The molecule has 1 aliphatic rings. The lowest BCUT2D eigenvalue weighted by atomic mass is 10.2. The van der Waals surface area contributed by atoms with Crippen LogP contribution in [0.3, 0.4) is 0 Å². The van der Waals surface area contributed by atoms with E-state index in [-0.39, 0.29) is 0 Å². The van der Waals surface area contributed by atoms with Gasteiger partial charge in [-0.15, -0.1) is 11.3 Å². The first-order valence-electron chi connectivity index (χ1n) is 4.48. The zero-order chi connectivity index (χ0) is 8.39. The molecule has 66 valence electrons. The summed E-state index contributed by atoms with van der Waals surface area (Å²) in [4.78, 5) is 6.80. The van der Waals surface area contributed by atoms with E-state index in [0.29, 0.717) is 0 Å². The van der Waals surface area contributed by atoms with Crippen LogP contribution in [0.2, 0.25) is 0 Å². The molecule has 0 aliphatic carbocycles. The Morgan fingerprint density at radius 3 is 3.25 bits per heavy atom. The predicted octanol–water partition coefficient (Wildman–Crippen LogP) is 2.13. The molecule has 3 heteroatoms. The molecule has 1 saturated heterocycles. The second kappa shape index (κ2) is 3.54. The summed E-state index contributed by atoms with van der Waals surface area (Å²) >= 11 is 1.76. The van der Waals surface area contributed by atoms with Crippen molar-refractivity contribution in [1.29, 1.82) is 0 Å². The van der Waals surface area contributed by atoms with Crippen LogP contribution >= 0.6 is 11.3 Å². The van der Waals surface area contributed by atoms with Crippen LogP contribution in [0.1, 0.15) is 24.8 Å². The van der Waals surface area contributed by atoms with E-state index in [1.165, 1.54) is 24.4 Å². The highest BCUT2D eigenvalue weighted by Gasteiger charge is 2.20. The maximum Gasteiger partial charge on any atom is 0.107 e. The normalized spacial score (nSPS) is 24.9. The topological polar surface area (TPSA) is 16.1 Å². The van der Waals surface area contributed by atoms with Gasteiger partial charge in [0.2, 0.25) is 0 Å². The van der Waals surface area contributed by atoms with Crippen LogP contribution in [0, 0.1) is 0 Å². The van der Waals surface area contributed by atoms with Gasteiger partial charge in [-0.3, -0.25) is 4.90 Å². The van der Waals surface area contributed by atoms with Gasteiger partial charge in [0, 0.05) is 17.6 Å². The van der Waals surface area contributed by atoms with E-state index in [1.54, 1.807) is 11.3 Å². The van der Waals surface area contributed by atoms with Crippen molar-refractivity contribution in [2.45, 2.75) is 32.4 Å². The van der Waals surface area contributed by atoms with Gasteiger partial charge >= 0.3 is 0 Å². The molecular formula is C9H14N2S. The van der Waals surface area contributed by atoms with Gasteiger partial charge in [0.25, 0.3) is 0 Å². The van der Waals surface area contributed by atoms with Crippen LogP contribution in [0.15, 0.2) is 11.6 Å². The first-order valence-corrected chi connectivity index (χ1v) is 5.36. The first-order chi connectivity index (χ1) is 5.86. The molecule has 2 nitrogen and oxygen atoms in total. The van der Waals surface area contributed by atoms with Crippen molar-refractivity contribution >= 4 is 11.3 Å². The molecule has 1 fully saturated rings. The molecule has 0 radical (unpaired) electrons. The molecule has 1 atom stereocenters. The van der Waals surface area contributed by atoms with E-state index in [1.807, 2.05) is 6.20 Å². The standard InChI is InChI=1S/C9H14N2S/c1-8-3-2-5-11(8)7-9-10-4-6-12-9/h4,6,8H,2-3,5,7H2,1H3/t8-/m1/s1. The molecular weight excluding hydrogens is 168 g/mol. The summed E-state index contributed by atoms with van der Waals surface area (Å²) in [7, 11) is 0. The van der Waals surface area contributed by atoms with Crippen LogP contribution in [0.5, 0.6) is 0 Å². The molecule has 2 rings (SSSR count). The Morgan fingerprint density at radius 2 is 2.67 bits per heavy atom. The molecule has 0 amide bonds. The summed E-state index contributed by atoms with van der Waals surface area (Å²) in [5, 5.41) is 3.31. The second-order valence-electron chi connectivity index (χ2n) is 3.39. The summed E-state index contributed by atoms with van der Waals surface area (Å²) in [5.74, 6) is 0. The van der Waals surface area contributed by atoms with Gasteiger partial charge in [0.1, 0.15) is 5.01 Å². The van der Waals surface area contributed by atoms with Crippen molar-refractivity contribution in [3.8, 4) is 0 Å². The molecule has 0 unspecified atom stereocenters. The summed E-state index contributed by atoms with van der Waals surface area (Å²) in [6.45, 7) is 4.61. The average Bonchev–Trinajstić information content (AvgIpc) is 2.65. The van der Waals surface area contributed by atoms with Gasteiger partial charge in [-0.05, 0) is 26.3 Å². The smallest absolute Gasteiger partial charge is 0.107 e. The first kappa shape index (κ1) is 8.20. The molecule has 1 aromatic rings. The maximum atomic E-state index is 4.29. The monoisotopic (exact) mass is 182 g/mol. The number of likely N-dealkylation sites (tertiary alicyclic amines) is 1. The van der Waals surface area contributed by atoms with Crippen LogP contribution in [-0.2, 0) is 6.54 Å². The predicted molar refractivity (Wildman–Crippen MR) is 51.2 cm³/mol. The lowest BCUT2D eigenvalue weighted by Gasteiger charge is -2.18. The highest BCUT2D eigenvalue weighted by Crippen LogP contribution is 2.19. The van der Waals surface area contributed by atoms with E-state index in [2.05, 4.69) is 22.2 Å². The third-order valence-corrected chi connectivity index (χ3v) is 3.28. The Kier molecular flexibility index (Phi) is 2.42. The van der Waals surface area contributed by atoms with Gasteiger partial charge in [0.05, 0.1) is 6.54 Å². The van der Waals surface area contributed by atoms with Gasteiger partial charge in [-0.1, -0.05) is 0 Å². The molecule has 0 spiro atoms. The Hall–Kier alpha value is -0.410. The third kappa shape index (κ3) is 1.67. The summed E-state index contributed by atoms with van der Waals surface area (Å²) in [5.41, 5.74) is 0. The quantitative estimate of drug-likeness (QED) is 0.696. The van der Waals surface area contributed by atoms with Crippen LogP contribution < -0.4 is 0 Å². The van der Waals surface area contributed by atoms with Crippen LogP contribution in [0.4, 0.5) is 0 Å². The molecule has 0 saturated carbocycles. The number of rotatable bonds is 2. The molecule has 12 heavy (non-hydrogen) atoms. The van der Waals surface area contributed by atoms with E-state index in [9.17, 15) is 0 Å². The number of hydrogen-bond donors (Lipinski definition) is 0. The fraction of sp³-hybridized carbons (Fsp3) is 0.667. The largest absolute Gasteiger partial charge is 0.294 e. The Balaban J connectivity index is 1.95. The van der Waals surface area contributed by atoms with Crippen molar-refractivity contribution in [1.82, 2.24) is 9.88 Å². The van der Waals surface area contributed by atoms with E-state index in [4.69, 9.17) is 0 Å². The number of nitrogens with zero attached hydrogens (tertiary/aromatic N) is 2. The Labute approximate surface area is 77.2 Å². The van der Waals surface area contributed by atoms with Crippen molar-refractivity contribution in [3.05, 3.63) is 16.6 Å². The van der Waals surface area contributed by atoms with E-state index < -0.39 is 0 Å². The molecule has 2 heterocycles. The fourth-order valence-corrected chi connectivity index (χ4v) is 2.37. The summed E-state index contributed by atoms with van der Waals surface area (Å²) < 4.78 is 0. The van der Waals surface area contributed by atoms with Crippen LogP contribution in [0.25, 0.3) is 0 Å². The van der Waals surface area contributed by atoms with Gasteiger partial charge in [0.15, 0.2) is 0 Å². The minimum Gasteiger partial charge on any atom is -0.294 e. The van der Waals surface area contributed by atoms with Gasteiger partial charge < -0.3 is 0 Å². The number of aromatic nitrogens is 1. The fourth-order valence-electron chi connectivity index (χ4n) is 1.73. The zero-order valence-electron chi connectivity index (χ0n) is 7.36. The molecule has 0 aromatic carbocycles. The van der Waals surface area contributed by atoms with E-state index >= 15 is 0 Å². The summed E-state index contributed by atoms with van der Waals surface area (Å²) in [6, 6.07) is 0.758. The van der Waals surface area contributed by atoms with Crippen molar-refractivity contribution in [3.63, 3.8) is 0 Å². The molecule has 0 N–H and O–H groups in total. The lowest BCUT2D eigenvalue weighted by Crippen LogP contribution is -2.25. The van der Waals surface area contributed by atoms with Crippen molar-refractivity contribution in [2.24, 2.45) is 0 Å². The SMILES string of the molecule is C[C@@H]1CCCN1Cc1nccs1. The second-order valence-corrected chi connectivity index (χ2v) is 4.37. The Morgan fingerprint density at radius 1 is 1.75 bits per heavy atom. The molecule has 0 bridgehead atoms. The Bertz CT molecular complexity index is 233. The summed E-state index contributed by atoms with van der Waals surface area (Å²) in [6.07, 6.45) is 4.60.